The summed E-state index contributed by atoms with van der Waals surface area (Å²) in [6, 6.07) is 6.46. The summed E-state index contributed by atoms with van der Waals surface area (Å²) in [6.45, 7) is 2.03. The molecular formula is C15H12ClN3O2S. The number of halogens is 1. The number of fused-ring (bicyclic) bond motifs is 1. The molecule has 0 atom stereocenters. The molecule has 0 aliphatic heterocycles. The molecule has 1 aromatic carbocycles. The van der Waals surface area contributed by atoms with E-state index in [0.29, 0.717) is 20.8 Å². The van der Waals surface area contributed by atoms with E-state index in [-0.39, 0.29) is 11.3 Å². The molecule has 0 saturated carbocycles. The fraction of sp³-hybridized carbons (Fsp3) is 0.133. The van der Waals surface area contributed by atoms with Crippen LogP contribution in [-0.4, -0.2) is 21.0 Å². The van der Waals surface area contributed by atoms with Gasteiger partial charge < -0.3 is 5.11 Å². The van der Waals surface area contributed by atoms with Crippen LogP contribution in [0.3, 0.4) is 0 Å². The first-order valence-electron chi connectivity index (χ1n) is 6.61. The highest BCUT2D eigenvalue weighted by atomic mass is 35.5. The predicted octanol–water partition coefficient (Wildman–Crippen LogP) is 3.26. The van der Waals surface area contributed by atoms with Crippen molar-refractivity contribution in [1.82, 2.24) is 9.66 Å². The highest BCUT2D eigenvalue weighted by molar-refractivity contribution is 7.18. The van der Waals surface area contributed by atoms with Crippen LogP contribution in [0.4, 0.5) is 0 Å². The van der Waals surface area contributed by atoms with Gasteiger partial charge in [0.25, 0.3) is 5.56 Å². The van der Waals surface area contributed by atoms with E-state index in [1.807, 2.05) is 13.0 Å². The van der Waals surface area contributed by atoms with Crippen molar-refractivity contribution in [2.24, 2.45) is 5.10 Å². The molecule has 0 aliphatic carbocycles. The van der Waals surface area contributed by atoms with Crippen LogP contribution >= 0.6 is 22.9 Å². The molecule has 112 valence electrons. The second kappa shape index (κ2) is 5.90. The first-order chi connectivity index (χ1) is 10.6. The Bertz CT molecular complexity index is 930. The molecule has 1 N–H and O–H groups in total. The average molecular weight is 334 g/mol. The fourth-order valence-corrected chi connectivity index (χ4v) is 3.08. The van der Waals surface area contributed by atoms with E-state index in [0.717, 1.165) is 16.0 Å². The second-order valence-electron chi connectivity index (χ2n) is 4.63. The van der Waals surface area contributed by atoms with Crippen LogP contribution in [-0.2, 0) is 6.42 Å². The Labute approximate surface area is 135 Å². The summed E-state index contributed by atoms with van der Waals surface area (Å²) in [7, 11) is 0. The maximum atomic E-state index is 12.4. The van der Waals surface area contributed by atoms with Crippen LogP contribution in [0.25, 0.3) is 10.2 Å². The van der Waals surface area contributed by atoms with Crippen molar-refractivity contribution in [3.05, 3.63) is 56.4 Å². The fourth-order valence-electron chi connectivity index (χ4n) is 1.97. The Kier molecular flexibility index (Phi) is 3.96. The van der Waals surface area contributed by atoms with Crippen molar-refractivity contribution in [3.8, 4) is 5.75 Å². The van der Waals surface area contributed by atoms with Crippen molar-refractivity contribution < 1.29 is 5.11 Å². The molecule has 2 heterocycles. The van der Waals surface area contributed by atoms with Gasteiger partial charge in [0.05, 0.1) is 11.6 Å². The van der Waals surface area contributed by atoms with Crippen LogP contribution in [0, 0.1) is 0 Å². The number of nitrogens with zero attached hydrogens (tertiary/aromatic N) is 3. The largest absolute Gasteiger partial charge is 0.507 e. The summed E-state index contributed by atoms with van der Waals surface area (Å²) in [4.78, 5) is 18.4. The molecule has 3 rings (SSSR count). The molecule has 2 aromatic heterocycles. The maximum absolute atomic E-state index is 12.4. The van der Waals surface area contributed by atoms with Crippen LogP contribution in [0.1, 0.15) is 17.4 Å². The molecule has 0 unspecified atom stereocenters. The van der Waals surface area contributed by atoms with E-state index in [2.05, 4.69) is 10.1 Å². The molecule has 0 aliphatic rings. The molecule has 5 nitrogen and oxygen atoms in total. The third-order valence-corrected chi connectivity index (χ3v) is 4.57. The lowest BCUT2D eigenvalue weighted by Crippen LogP contribution is -2.16. The average Bonchev–Trinajstić information content (AvgIpc) is 2.94. The highest BCUT2D eigenvalue weighted by Gasteiger charge is 2.07. The third kappa shape index (κ3) is 2.75. The van der Waals surface area contributed by atoms with Gasteiger partial charge in [-0.15, -0.1) is 11.3 Å². The van der Waals surface area contributed by atoms with E-state index in [1.165, 1.54) is 29.9 Å². The zero-order valence-electron chi connectivity index (χ0n) is 11.7. The molecule has 0 spiro atoms. The van der Waals surface area contributed by atoms with Gasteiger partial charge in [-0.3, -0.25) is 4.79 Å². The van der Waals surface area contributed by atoms with Crippen LogP contribution in [0.5, 0.6) is 5.75 Å². The van der Waals surface area contributed by atoms with E-state index in [4.69, 9.17) is 11.6 Å². The number of phenols is 1. The molecule has 0 bridgehead atoms. The summed E-state index contributed by atoms with van der Waals surface area (Å²) in [5, 5.41) is 14.8. The van der Waals surface area contributed by atoms with Crippen molar-refractivity contribution in [3.63, 3.8) is 0 Å². The first kappa shape index (κ1) is 14.7. The Balaban J connectivity index is 2.03. The van der Waals surface area contributed by atoms with Gasteiger partial charge in [-0.2, -0.15) is 9.78 Å². The van der Waals surface area contributed by atoms with E-state index in [1.54, 1.807) is 12.1 Å². The number of benzene rings is 1. The SMILES string of the molecule is CCc1cc2c(=O)n(/N=C/c3cc(Cl)ccc3O)cnc2s1. The number of aromatic hydroxyl groups is 1. The molecule has 0 amide bonds. The number of hydrogen-bond acceptors (Lipinski definition) is 5. The molecule has 3 aromatic rings. The zero-order valence-corrected chi connectivity index (χ0v) is 13.2. The van der Waals surface area contributed by atoms with Crippen molar-refractivity contribution in [2.45, 2.75) is 13.3 Å². The number of rotatable bonds is 3. The lowest BCUT2D eigenvalue weighted by atomic mass is 10.2. The zero-order chi connectivity index (χ0) is 15.7. The topological polar surface area (TPSA) is 67.5 Å². The Morgan fingerprint density at radius 2 is 2.27 bits per heavy atom. The van der Waals surface area contributed by atoms with Gasteiger partial charge in [-0.05, 0) is 30.7 Å². The lowest BCUT2D eigenvalue weighted by molar-refractivity contribution is 0.474. The van der Waals surface area contributed by atoms with Gasteiger partial charge in [0.1, 0.15) is 16.9 Å². The first-order valence-corrected chi connectivity index (χ1v) is 7.81. The van der Waals surface area contributed by atoms with E-state index in [9.17, 15) is 9.90 Å². The quantitative estimate of drug-likeness (QED) is 0.748. The monoisotopic (exact) mass is 333 g/mol. The number of hydrogen-bond donors (Lipinski definition) is 1. The van der Waals surface area contributed by atoms with Gasteiger partial charge in [0.2, 0.25) is 0 Å². The number of aromatic nitrogens is 2. The number of aryl methyl sites for hydroxylation is 1. The second-order valence-corrected chi connectivity index (χ2v) is 6.18. The number of thiophene rings is 1. The maximum Gasteiger partial charge on any atom is 0.282 e. The smallest absolute Gasteiger partial charge is 0.282 e. The molecule has 7 heteroatoms. The van der Waals surface area contributed by atoms with Crippen molar-refractivity contribution in [1.29, 1.82) is 0 Å². The minimum absolute atomic E-state index is 0.0408. The molecular weight excluding hydrogens is 322 g/mol. The third-order valence-electron chi connectivity index (χ3n) is 3.15. The number of phenolic OH excluding ortho intramolecular Hbond substituents is 1. The van der Waals surface area contributed by atoms with E-state index >= 15 is 0 Å². The molecule has 0 radical (unpaired) electrons. The van der Waals surface area contributed by atoms with Crippen molar-refractivity contribution in [2.75, 3.05) is 0 Å². The minimum atomic E-state index is -0.237. The minimum Gasteiger partial charge on any atom is -0.507 e. The molecule has 0 fully saturated rings. The molecule has 22 heavy (non-hydrogen) atoms. The summed E-state index contributed by atoms with van der Waals surface area (Å²) in [5.74, 6) is 0.0408. The summed E-state index contributed by atoms with van der Waals surface area (Å²) >= 11 is 7.38. The normalized spacial score (nSPS) is 11.5. The van der Waals surface area contributed by atoms with Gasteiger partial charge in [-0.25, -0.2) is 4.98 Å². The van der Waals surface area contributed by atoms with Gasteiger partial charge in [0.15, 0.2) is 0 Å². The van der Waals surface area contributed by atoms with E-state index < -0.39 is 0 Å². The Morgan fingerprint density at radius 3 is 3.05 bits per heavy atom. The summed E-state index contributed by atoms with van der Waals surface area (Å²) < 4.78 is 1.15. The van der Waals surface area contributed by atoms with Gasteiger partial charge in [0, 0.05) is 15.5 Å². The lowest BCUT2D eigenvalue weighted by Gasteiger charge is -2.00. The van der Waals surface area contributed by atoms with Crippen LogP contribution in [0.2, 0.25) is 5.02 Å². The highest BCUT2D eigenvalue weighted by Crippen LogP contribution is 2.21. The van der Waals surface area contributed by atoms with Gasteiger partial charge in [-0.1, -0.05) is 18.5 Å². The Hall–Kier alpha value is -2.18. The molecule has 0 saturated heterocycles. The predicted molar refractivity (Wildman–Crippen MR) is 89.4 cm³/mol. The standard InChI is InChI=1S/C15H12ClN3O2S/c1-2-11-6-12-14(22-11)17-8-19(15(12)21)18-7-9-5-10(16)3-4-13(9)20/h3-8,20H,2H2,1H3/b18-7+. The summed E-state index contributed by atoms with van der Waals surface area (Å²) in [6.07, 6.45) is 3.61. The van der Waals surface area contributed by atoms with Crippen LogP contribution < -0.4 is 5.56 Å². The van der Waals surface area contributed by atoms with Crippen molar-refractivity contribution >= 4 is 39.4 Å². The van der Waals surface area contributed by atoms with Gasteiger partial charge >= 0.3 is 0 Å². The summed E-state index contributed by atoms with van der Waals surface area (Å²) in [5.41, 5.74) is 0.192. The Morgan fingerprint density at radius 1 is 1.45 bits per heavy atom. The van der Waals surface area contributed by atoms with Crippen LogP contribution in [0.15, 0.2) is 40.5 Å².